The second-order valence-corrected chi connectivity index (χ2v) is 7.39. The Morgan fingerprint density at radius 1 is 1.03 bits per heavy atom. The first-order valence-electron chi connectivity index (χ1n) is 9.02. The molecule has 8 heteroatoms. The molecule has 0 saturated heterocycles. The fourth-order valence-electron chi connectivity index (χ4n) is 2.53. The van der Waals surface area contributed by atoms with Gasteiger partial charge in [0, 0.05) is 17.4 Å². The van der Waals surface area contributed by atoms with E-state index in [4.69, 9.17) is 4.74 Å². The second kappa shape index (κ2) is 11.2. The molecule has 2 aromatic rings. The molecule has 0 aromatic heterocycles. The zero-order valence-corrected chi connectivity index (χ0v) is 17.1. The number of rotatable bonds is 9. The number of nitrogens with zero attached hydrogens (tertiary/aromatic N) is 1. The van der Waals surface area contributed by atoms with Crippen molar-refractivity contribution in [2.24, 2.45) is 0 Å². The summed E-state index contributed by atoms with van der Waals surface area (Å²) < 4.78 is 17.9. The monoisotopic (exact) mass is 418 g/mol. The van der Waals surface area contributed by atoms with Gasteiger partial charge in [-0.25, -0.2) is 4.39 Å². The van der Waals surface area contributed by atoms with Crippen molar-refractivity contribution >= 4 is 40.9 Å². The Morgan fingerprint density at radius 3 is 2.31 bits per heavy atom. The van der Waals surface area contributed by atoms with Crippen molar-refractivity contribution in [1.82, 2.24) is 0 Å². The SMILES string of the molecule is CC(C)N(C(=O)COC(=O)CSCC(=O)Nc1ccc(F)cc1)c1ccccc1. The summed E-state index contributed by atoms with van der Waals surface area (Å²) in [6.45, 7) is 3.39. The first-order chi connectivity index (χ1) is 13.9. The second-order valence-electron chi connectivity index (χ2n) is 6.40. The maximum absolute atomic E-state index is 12.8. The number of amides is 2. The van der Waals surface area contributed by atoms with Crippen LogP contribution in [0.4, 0.5) is 15.8 Å². The molecule has 0 fully saturated rings. The summed E-state index contributed by atoms with van der Waals surface area (Å²) in [5.74, 6) is -1.63. The van der Waals surface area contributed by atoms with Crippen molar-refractivity contribution in [3.63, 3.8) is 0 Å². The summed E-state index contributed by atoms with van der Waals surface area (Å²) >= 11 is 1.07. The fraction of sp³-hybridized carbons (Fsp3) is 0.286. The van der Waals surface area contributed by atoms with E-state index in [-0.39, 0.29) is 36.0 Å². The first kappa shape index (κ1) is 22.4. The molecule has 6 nitrogen and oxygen atoms in total. The lowest BCUT2D eigenvalue weighted by Gasteiger charge is -2.26. The highest BCUT2D eigenvalue weighted by Gasteiger charge is 2.20. The third-order valence-corrected chi connectivity index (χ3v) is 4.66. The van der Waals surface area contributed by atoms with Crippen molar-refractivity contribution < 1.29 is 23.5 Å². The summed E-state index contributed by atoms with van der Waals surface area (Å²) in [4.78, 5) is 37.7. The van der Waals surface area contributed by atoms with E-state index in [2.05, 4.69) is 5.32 Å². The van der Waals surface area contributed by atoms with Gasteiger partial charge in [-0.3, -0.25) is 14.4 Å². The Bertz CT molecular complexity index is 828. The smallest absolute Gasteiger partial charge is 0.316 e. The molecule has 0 aliphatic carbocycles. The van der Waals surface area contributed by atoms with Crippen molar-refractivity contribution in [3.05, 3.63) is 60.4 Å². The van der Waals surface area contributed by atoms with Gasteiger partial charge in [0.2, 0.25) is 5.91 Å². The van der Waals surface area contributed by atoms with E-state index in [0.717, 1.165) is 17.4 Å². The van der Waals surface area contributed by atoms with Gasteiger partial charge in [0.1, 0.15) is 5.82 Å². The maximum atomic E-state index is 12.8. The van der Waals surface area contributed by atoms with Gasteiger partial charge in [-0.2, -0.15) is 0 Å². The Morgan fingerprint density at radius 2 is 1.69 bits per heavy atom. The molecule has 0 radical (unpaired) electrons. The molecule has 0 aliphatic heterocycles. The zero-order chi connectivity index (χ0) is 21.2. The van der Waals surface area contributed by atoms with Crippen LogP contribution in [0.1, 0.15) is 13.8 Å². The Balaban J connectivity index is 1.72. The number of hydrogen-bond donors (Lipinski definition) is 1. The van der Waals surface area contributed by atoms with Crippen LogP contribution in [0.2, 0.25) is 0 Å². The molecule has 2 rings (SSSR count). The Labute approximate surface area is 173 Å². The van der Waals surface area contributed by atoms with Crippen molar-refractivity contribution in [3.8, 4) is 0 Å². The van der Waals surface area contributed by atoms with Crippen LogP contribution in [0.5, 0.6) is 0 Å². The molecular weight excluding hydrogens is 395 g/mol. The van der Waals surface area contributed by atoms with Crippen LogP contribution in [-0.2, 0) is 19.1 Å². The van der Waals surface area contributed by atoms with E-state index in [0.29, 0.717) is 5.69 Å². The normalized spacial score (nSPS) is 10.5. The third kappa shape index (κ3) is 7.57. The van der Waals surface area contributed by atoms with Crippen LogP contribution in [0.3, 0.4) is 0 Å². The summed E-state index contributed by atoms with van der Waals surface area (Å²) in [6.07, 6.45) is 0. The maximum Gasteiger partial charge on any atom is 0.316 e. The number of esters is 1. The van der Waals surface area contributed by atoms with E-state index in [9.17, 15) is 18.8 Å². The van der Waals surface area contributed by atoms with Crippen molar-refractivity contribution in [2.45, 2.75) is 19.9 Å². The lowest BCUT2D eigenvalue weighted by atomic mass is 10.2. The van der Waals surface area contributed by atoms with Gasteiger partial charge >= 0.3 is 5.97 Å². The van der Waals surface area contributed by atoms with Crippen LogP contribution >= 0.6 is 11.8 Å². The minimum absolute atomic E-state index is 0.0303. The van der Waals surface area contributed by atoms with E-state index < -0.39 is 11.8 Å². The largest absolute Gasteiger partial charge is 0.455 e. The average Bonchev–Trinajstić information content (AvgIpc) is 2.69. The predicted octanol–water partition coefficient (Wildman–Crippen LogP) is 3.48. The molecule has 0 aliphatic rings. The number of thioether (sulfide) groups is 1. The quantitative estimate of drug-likeness (QED) is 0.631. The summed E-state index contributed by atoms with van der Waals surface area (Å²) in [5, 5.41) is 2.60. The summed E-state index contributed by atoms with van der Waals surface area (Å²) in [6, 6.07) is 14.4. The Kier molecular flexibility index (Phi) is 8.67. The molecular formula is C21H23FN2O4S. The number of anilines is 2. The minimum Gasteiger partial charge on any atom is -0.455 e. The van der Waals surface area contributed by atoms with Crippen LogP contribution in [0.25, 0.3) is 0 Å². The first-order valence-corrected chi connectivity index (χ1v) is 10.2. The van der Waals surface area contributed by atoms with Crippen LogP contribution in [-0.4, -0.2) is 41.9 Å². The minimum atomic E-state index is -0.574. The standard InChI is InChI=1S/C21H23FN2O4S/c1-15(2)24(18-6-4-3-5-7-18)20(26)12-28-21(27)14-29-13-19(25)23-17-10-8-16(22)9-11-17/h3-11,15H,12-14H2,1-2H3,(H,23,25). The van der Waals surface area contributed by atoms with Gasteiger partial charge in [-0.15, -0.1) is 11.8 Å². The fourth-order valence-corrected chi connectivity index (χ4v) is 3.14. The molecule has 2 amide bonds. The molecule has 0 unspecified atom stereocenters. The van der Waals surface area contributed by atoms with Crippen LogP contribution < -0.4 is 10.2 Å². The highest BCUT2D eigenvalue weighted by molar-refractivity contribution is 8.00. The average molecular weight is 418 g/mol. The third-order valence-electron chi connectivity index (χ3n) is 3.76. The van der Waals surface area contributed by atoms with Gasteiger partial charge in [-0.1, -0.05) is 18.2 Å². The number of nitrogens with one attached hydrogen (secondary N) is 1. The van der Waals surface area contributed by atoms with E-state index in [1.165, 1.54) is 24.3 Å². The molecule has 2 aromatic carbocycles. The number of benzene rings is 2. The number of halogens is 1. The highest BCUT2D eigenvalue weighted by Crippen LogP contribution is 2.17. The summed E-state index contributed by atoms with van der Waals surface area (Å²) in [7, 11) is 0. The van der Waals surface area contributed by atoms with E-state index >= 15 is 0 Å². The molecule has 0 saturated carbocycles. The Hall–Kier alpha value is -2.87. The zero-order valence-electron chi connectivity index (χ0n) is 16.3. The summed E-state index contributed by atoms with van der Waals surface area (Å²) in [5.41, 5.74) is 1.20. The molecule has 1 N–H and O–H groups in total. The molecule has 29 heavy (non-hydrogen) atoms. The topological polar surface area (TPSA) is 75.7 Å². The van der Waals surface area contributed by atoms with Gasteiger partial charge in [0.15, 0.2) is 6.61 Å². The van der Waals surface area contributed by atoms with E-state index in [1.54, 1.807) is 4.90 Å². The van der Waals surface area contributed by atoms with Gasteiger partial charge in [0.05, 0.1) is 11.5 Å². The number of carbonyl (C=O) groups is 3. The van der Waals surface area contributed by atoms with Crippen LogP contribution in [0.15, 0.2) is 54.6 Å². The number of carbonyl (C=O) groups excluding carboxylic acids is 3. The lowest BCUT2D eigenvalue weighted by Crippen LogP contribution is -2.40. The number of hydrogen-bond acceptors (Lipinski definition) is 5. The molecule has 0 heterocycles. The van der Waals surface area contributed by atoms with Crippen LogP contribution in [0, 0.1) is 5.82 Å². The molecule has 154 valence electrons. The predicted molar refractivity (Wildman–Crippen MR) is 112 cm³/mol. The van der Waals surface area contributed by atoms with Crippen molar-refractivity contribution in [2.75, 3.05) is 28.3 Å². The number of ether oxygens (including phenoxy) is 1. The van der Waals surface area contributed by atoms with Gasteiger partial charge in [0.25, 0.3) is 5.91 Å². The highest BCUT2D eigenvalue weighted by atomic mass is 32.2. The number of para-hydroxylation sites is 1. The lowest BCUT2D eigenvalue weighted by molar-refractivity contribution is -0.145. The van der Waals surface area contributed by atoms with E-state index in [1.807, 2.05) is 44.2 Å². The molecule has 0 spiro atoms. The molecule has 0 bridgehead atoms. The van der Waals surface area contributed by atoms with Crippen molar-refractivity contribution in [1.29, 1.82) is 0 Å². The van der Waals surface area contributed by atoms with Gasteiger partial charge in [-0.05, 0) is 50.2 Å². The molecule has 0 atom stereocenters. The van der Waals surface area contributed by atoms with Gasteiger partial charge < -0.3 is 15.0 Å².